The molecule has 73 heavy (non-hydrogen) atoms. The summed E-state index contributed by atoms with van der Waals surface area (Å²) in [6.45, 7) is 0. The first-order chi connectivity index (χ1) is 36.2. The molecule has 15 rings (SSSR count). The van der Waals surface area contributed by atoms with Gasteiger partial charge < -0.3 is 23.4 Å². The normalized spacial score (nSPS) is 11.9. The molecule has 12 aromatic carbocycles. The topological polar surface area (TPSA) is 42.0 Å². The second-order valence-electron chi connectivity index (χ2n) is 18.7. The molecule has 0 saturated heterocycles. The molecule has 14 aromatic rings. The van der Waals surface area contributed by atoms with E-state index < -0.39 is 0 Å². The van der Waals surface area contributed by atoms with E-state index in [0.717, 1.165) is 144 Å². The van der Waals surface area contributed by atoms with Gasteiger partial charge in [0.2, 0.25) is 0 Å². The van der Waals surface area contributed by atoms with E-state index in [9.17, 15) is 0 Å². The molecule has 0 fully saturated rings. The van der Waals surface area contributed by atoms with E-state index in [1.807, 2.05) is 12.1 Å². The zero-order valence-electron chi connectivity index (χ0n) is 39.4. The van der Waals surface area contributed by atoms with Crippen molar-refractivity contribution in [3.05, 3.63) is 255 Å². The van der Waals surface area contributed by atoms with Gasteiger partial charge in [-0.2, -0.15) is 0 Å². The molecule has 342 valence electrons. The maximum Gasteiger partial charge on any atom is 0.159 e. The third-order valence-corrected chi connectivity index (χ3v) is 14.6. The minimum atomic E-state index is 0.794. The number of ether oxygens (including phenoxy) is 1. The molecule has 0 unspecified atom stereocenters. The highest BCUT2D eigenvalue weighted by atomic mass is 16.5. The Kier molecular flexibility index (Phi) is 9.19. The van der Waals surface area contributed by atoms with Crippen LogP contribution in [-0.2, 0) is 0 Å². The van der Waals surface area contributed by atoms with Crippen molar-refractivity contribution in [1.82, 2.24) is 0 Å². The molecule has 0 amide bonds. The molecule has 0 atom stereocenters. The van der Waals surface area contributed by atoms with Gasteiger partial charge in [-0.1, -0.05) is 176 Å². The Balaban J connectivity index is 0.865. The molecule has 3 heterocycles. The van der Waals surface area contributed by atoms with Crippen LogP contribution in [-0.4, -0.2) is 0 Å². The Morgan fingerprint density at radius 1 is 0.260 bits per heavy atom. The molecule has 0 saturated carbocycles. The van der Waals surface area contributed by atoms with Gasteiger partial charge >= 0.3 is 0 Å². The first-order valence-corrected chi connectivity index (χ1v) is 24.7. The monoisotopic (exact) mass is 934 g/mol. The molecular weight excluding hydrogens is 893 g/mol. The Bertz CT molecular complexity index is 4470. The Labute approximate surface area is 420 Å². The van der Waals surface area contributed by atoms with Crippen molar-refractivity contribution in [3.8, 4) is 44.9 Å². The van der Waals surface area contributed by atoms with E-state index in [0.29, 0.717) is 0 Å². The molecule has 2 aromatic heterocycles. The summed E-state index contributed by atoms with van der Waals surface area (Å²) >= 11 is 0. The smallest absolute Gasteiger partial charge is 0.159 e. The number of furan rings is 2. The molecule has 5 nitrogen and oxygen atoms in total. The van der Waals surface area contributed by atoms with E-state index >= 15 is 0 Å². The summed E-state index contributed by atoms with van der Waals surface area (Å²) < 4.78 is 21.0. The van der Waals surface area contributed by atoms with Crippen LogP contribution < -0.4 is 14.5 Å². The zero-order valence-corrected chi connectivity index (χ0v) is 39.4. The Hall–Kier alpha value is -9.84. The summed E-state index contributed by atoms with van der Waals surface area (Å²) in [7, 11) is 0. The lowest BCUT2D eigenvalue weighted by atomic mass is 9.90. The highest BCUT2D eigenvalue weighted by Crippen LogP contribution is 2.53. The van der Waals surface area contributed by atoms with Crippen LogP contribution in [0.1, 0.15) is 0 Å². The maximum absolute atomic E-state index is 7.02. The van der Waals surface area contributed by atoms with Crippen LogP contribution in [0.5, 0.6) is 11.5 Å². The molecule has 0 bridgehead atoms. The molecule has 1 aliphatic rings. The fourth-order valence-corrected chi connectivity index (χ4v) is 11.3. The predicted octanol–water partition coefficient (Wildman–Crippen LogP) is 19.8. The molecular formula is C68H42N2O3. The van der Waals surface area contributed by atoms with E-state index in [1.165, 1.54) is 0 Å². The summed E-state index contributed by atoms with van der Waals surface area (Å²) in [4.78, 5) is 4.60. The third kappa shape index (κ3) is 6.49. The average Bonchev–Trinajstić information content (AvgIpc) is 4.05. The number of para-hydroxylation sites is 6. The lowest BCUT2D eigenvalue weighted by molar-refractivity contribution is 0.487. The average molecular weight is 935 g/mol. The molecule has 0 spiro atoms. The fourth-order valence-electron chi connectivity index (χ4n) is 11.3. The summed E-state index contributed by atoms with van der Waals surface area (Å²) in [6, 6.07) is 89.9. The van der Waals surface area contributed by atoms with Gasteiger partial charge in [0.05, 0.1) is 17.1 Å². The third-order valence-electron chi connectivity index (χ3n) is 14.6. The van der Waals surface area contributed by atoms with Crippen molar-refractivity contribution in [2.75, 3.05) is 9.80 Å². The number of rotatable bonds is 8. The first kappa shape index (κ1) is 41.0. The number of benzene rings is 12. The summed E-state index contributed by atoms with van der Waals surface area (Å²) in [6.07, 6.45) is 0. The standard InChI is InChI=1S/C68H42N2O3/c1-5-18-43(19-6-1)50-26-13-29-54-56-31-15-33-60(67(56)72-65(50)54)69(46-22-9-3-10-23-46)48-37-36-45-40-59-52-39-38-49(42-63(52)71-62-35-17-28-53(64(59)62)58(45)41-48)70(47-24-11-4-12-25-47)61-34-16-32-57-55-30-14-27-51(66(55)73-68(57)61)44-20-7-2-8-21-44/h1-42H. The van der Waals surface area contributed by atoms with Crippen molar-refractivity contribution >= 4 is 99.5 Å². The van der Waals surface area contributed by atoms with Crippen LogP contribution in [0.15, 0.2) is 264 Å². The van der Waals surface area contributed by atoms with E-state index in [2.05, 4.69) is 252 Å². The minimum absolute atomic E-state index is 0.794. The second kappa shape index (κ2) is 16.4. The Morgan fingerprint density at radius 2 is 0.726 bits per heavy atom. The zero-order chi connectivity index (χ0) is 48.0. The molecule has 0 radical (unpaired) electrons. The van der Waals surface area contributed by atoms with Gasteiger partial charge in [0, 0.05) is 66.8 Å². The number of hydrogen-bond donors (Lipinski definition) is 0. The maximum atomic E-state index is 7.02. The fraction of sp³-hybridized carbons (Fsp3) is 0. The highest BCUT2D eigenvalue weighted by Gasteiger charge is 2.27. The van der Waals surface area contributed by atoms with Crippen LogP contribution in [0.4, 0.5) is 34.1 Å². The number of anilines is 6. The first-order valence-electron chi connectivity index (χ1n) is 24.7. The molecule has 5 heteroatoms. The van der Waals surface area contributed by atoms with E-state index in [4.69, 9.17) is 13.6 Å². The van der Waals surface area contributed by atoms with Gasteiger partial charge in [0.1, 0.15) is 22.7 Å². The molecule has 0 aliphatic carbocycles. The van der Waals surface area contributed by atoms with Crippen LogP contribution >= 0.6 is 0 Å². The number of nitrogens with zero attached hydrogens (tertiary/aromatic N) is 2. The van der Waals surface area contributed by atoms with Crippen LogP contribution in [0.25, 0.3) is 98.8 Å². The van der Waals surface area contributed by atoms with Gasteiger partial charge in [-0.15, -0.1) is 0 Å². The summed E-state index contributed by atoms with van der Waals surface area (Å²) in [5.74, 6) is 1.62. The predicted molar refractivity (Wildman–Crippen MR) is 302 cm³/mol. The lowest BCUT2D eigenvalue weighted by Gasteiger charge is -2.28. The SMILES string of the molecule is c1ccc(-c2cccc3c2oc2c(N(c4ccccc4)c4ccc5c(c4)Oc4cccc6c4c-5cc4ccc(N(c5ccccc5)c5cccc7c5oc5c(-c8ccccc8)cccc57)cc46)cccc23)cc1. The van der Waals surface area contributed by atoms with Gasteiger partial charge in [-0.25, -0.2) is 0 Å². The number of hydrogen-bond acceptors (Lipinski definition) is 5. The van der Waals surface area contributed by atoms with Gasteiger partial charge in [0.25, 0.3) is 0 Å². The van der Waals surface area contributed by atoms with Crippen LogP contribution in [0.2, 0.25) is 0 Å². The molecule has 0 N–H and O–H groups in total. The van der Waals surface area contributed by atoms with Crippen LogP contribution in [0.3, 0.4) is 0 Å². The van der Waals surface area contributed by atoms with Crippen molar-refractivity contribution in [3.63, 3.8) is 0 Å². The minimum Gasteiger partial charge on any atom is -0.456 e. The lowest BCUT2D eigenvalue weighted by Crippen LogP contribution is -2.11. The van der Waals surface area contributed by atoms with E-state index in [1.54, 1.807) is 0 Å². The molecule has 1 aliphatic heterocycles. The Morgan fingerprint density at radius 3 is 1.29 bits per heavy atom. The van der Waals surface area contributed by atoms with Gasteiger partial charge in [0.15, 0.2) is 11.2 Å². The van der Waals surface area contributed by atoms with Crippen molar-refractivity contribution in [2.45, 2.75) is 0 Å². The van der Waals surface area contributed by atoms with Crippen molar-refractivity contribution in [1.29, 1.82) is 0 Å². The summed E-state index contributed by atoms with van der Waals surface area (Å²) in [5, 5.41) is 8.80. The van der Waals surface area contributed by atoms with Gasteiger partial charge in [-0.3, -0.25) is 0 Å². The quantitative estimate of drug-likeness (QED) is 0.142. The van der Waals surface area contributed by atoms with Gasteiger partial charge in [-0.05, 0) is 106 Å². The van der Waals surface area contributed by atoms with Crippen molar-refractivity contribution in [2.24, 2.45) is 0 Å². The van der Waals surface area contributed by atoms with Crippen molar-refractivity contribution < 1.29 is 13.6 Å². The summed E-state index contributed by atoms with van der Waals surface area (Å²) in [5.41, 5.74) is 15.9. The second-order valence-corrected chi connectivity index (χ2v) is 18.7. The van der Waals surface area contributed by atoms with E-state index in [-0.39, 0.29) is 0 Å². The largest absolute Gasteiger partial charge is 0.456 e. The van der Waals surface area contributed by atoms with Crippen LogP contribution in [0, 0.1) is 0 Å². The highest BCUT2D eigenvalue weighted by molar-refractivity contribution is 6.19. The number of fused-ring (bicyclic) bond motifs is 10.